The second kappa shape index (κ2) is 5.05. The van der Waals surface area contributed by atoms with E-state index in [0.29, 0.717) is 5.92 Å². The molecule has 1 aromatic heterocycles. The first-order valence-electron chi connectivity index (χ1n) is 5.34. The predicted octanol–water partition coefficient (Wildman–Crippen LogP) is 1.95. The minimum Gasteiger partial charge on any atom is -0.328 e. The molecule has 0 fully saturated rings. The van der Waals surface area contributed by atoms with Crippen LogP contribution in [0, 0.1) is 5.92 Å². The van der Waals surface area contributed by atoms with E-state index in [0.717, 1.165) is 11.6 Å². The first-order valence-corrected chi connectivity index (χ1v) is 6.22. The number of nitrogens with two attached hydrogens (primary N) is 1. The zero-order valence-electron chi connectivity index (χ0n) is 9.95. The first-order chi connectivity index (χ1) is 6.93. The summed E-state index contributed by atoms with van der Waals surface area (Å²) in [5, 5.41) is 6.64. The molecule has 0 radical (unpaired) electrons. The molecule has 3 nitrogen and oxygen atoms in total. The van der Waals surface area contributed by atoms with Crippen molar-refractivity contribution in [1.82, 2.24) is 10.3 Å². The molecule has 1 aromatic rings. The van der Waals surface area contributed by atoms with Crippen LogP contribution in [0.5, 0.6) is 0 Å². The average molecular weight is 227 g/mol. The van der Waals surface area contributed by atoms with Crippen LogP contribution >= 0.6 is 11.3 Å². The van der Waals surface area contributed by atoms with E-state index < -0.39 is 0 Å². The Morgan fingerprint density at radius 3 is 2.67 bits per heavy atom. The summed E-state index contributed by atoms with van der Waals surface area (Å²) in [6.45, 7) is 9.43. The third-order valence-corrected chi connectivity index (χ3v) is 3.83. The third kappa shape index (κ3) is 3.55. The molecule has 4 heteroatoms. The molecule has 0 aliphatic heterocycles. The zero-order valence-corrected chi connectivity index (χ0v) is 10.8. The van der Waals surface area contributed by atoms with Gasteiger partial charge in [0.2, 0.25) is 0 Å². The molecule has 2 atom stereocenters. The highest BCUT2D eigenvalue weighted by molar-refractivity contribution is 7.09. The normalized spacial score (nSPS) is 16.3. The van der Waals surface area contributed by atoms with Gasteiger partial charge in [-0.2, -0.15) is 0 Å². The molecule has 0 amide bonds. The van der Waals surface area contributed by atoms with Gasteiger partial charge in [-0.25, -0.2) is 4.98 Å². The lowest BCUT2D eigenvalue weighted by Gasteiger charge is -2.27. The SMILES string of the molecule is CC(N)C(C)CNC(C)(C)c1nccs1. The summed E-state index contributed by atoms with van der Waals surface area (Å²) in [5.74, 6) is 0.476. The monoisotopic (exact) mass is 227 g/mol. The summed E-state index contributed by atoms with van der Waals surface area (Å²) in [6.07, 6.45) is 1.85. The van der Waals surface area contributed by atoms with E-state index in [1.165, 1.54) is 0 Å². The van der Waals surface area contributed by atoms with Gasteiger partial charge in [-0.15, -0.1) is 11.3 Å². The number of rotatable bonds is 5. The van der Waals surface area contributed by atoms with Gasteiger partial charge < -0.3 is 11.1 Å². The van der Waals surface area contributed by atoms with Crippen molar-refractivity contribution in [2.24, 2.45) is 11.7 Å². The van der Waals surface area contributed by atoms with Gasteiger partial charge in [0, 0.05) is 24.2 Å². The van der Waals surface area contributed by atoms with Gasteiger partial charge in [0.15, 0.2) is 0 Å². The lowest BCUT2D eigenvalue weighted by Crippen LogP contribution is -2.42. The second-order valence-corrected chi connectivity index (χ2v) is 5.57. The highest BCUT2D eigenvalue weighted by Gasteiger charge is 2.23. The van der Waals surface area contributed by atoms with Crippen molar-refractivity contribution >= 4 is 11.3 Å². The molecule has 1 rings (SSSR count). The summed E-state index contributed by atoms with van der Waals surface area (Å²) in [7, 11) is 0. The van der Waals surface area contributed by atoms with Gasteiger partial charge in [-0.3, -0.25) is 0 Å². The number of nitrogens with zero attached hydrogens (tertiary/aromatic N) is 1. The van der Waals surface area contributed by atoms with Crippen LogP contribution < -0.4 is 11.1 Å². The largest absolute Gasteiger partial charge is 0.328 e. The Labute approximate surface area is 96.1 Å². The van der Waals surface area contributed by atoms with E-state index in [1.807, 2.05) is 18.5 Å². The number of hydrogen-bond acceptors (Lipinski definition) is 4. The molecule has 0 aliphatic carbocycles. The van der Waals surface area contributed by atoms with Gasteiger partial charge in [-0.05, 0) is 26.7 Å². The molecule has 0 aliphatic rings. The predicted molar refractivity (Wildman–Crippen MR) is 66.0 cm³/mol. The van der Waals surface area contributed by atoms with Crippen molar-refractivity contribution < 1.29 is 0 Å². The van der Waals surface area contributed by atoms with Crippen LogP contribution in [-0.2, 0) is 5.54 Å². The summed E-state index contributed by atoms with van der Waals surface area (Å²) in [4.78, 5) is 4.34. The molecule has 3 N–H and O–H groups in total. The Kier molecular flexibility index (Phi) is 4.25. The van der Waals surface area contributed by atoms with E-state index in [-0.39, 0.29) is 11.6 Å². The van der Waals surface area contributed by atoms with Crippen molar-refractivity contribution in [2.75, 3.05) is 6.54 Å². The van der Waals surface area contributed by atoms with Crippen LogP contribution in [0.4, 0.5) is 0 Å². The average Bonchev–Trinajstić information content (AvgIpc) is 2.67. The highest BCUT2D eigenvalue weighted by Crippen LogP contribution is 2.22. The number of nitrogens with one attached hydrogen (secondary N) is 1. The summed E-state index contributed by atoms with van der Waals surface area (Å²) >= 11 is 1.69. The van der Waals surface area contributed by atoms with Gasteiger partial charge in [0.1, 0.15) is 5.01 Å². The molecule has 15 heavy (non-hydrogen) atoms. The van der Waals surface area contributed by atoms with E-state index in [9.17, 15) is 0 Å². The lowest BCUT2D eigenvalue weighted by molar-refractivity contribution is 0.343. The van der Waals surface area contributed by atoms with Crippen molar-refractivity contribution in [1.29, 1.82) is 0 Å². The van der Waals surface area contributed by atoms with Crippen LogP contribution in [0.15, 0.2) is 11.6 Å². The Morgan fingerprint density at radius 2 is 2.20 bits per heavy atom. The minimum atomic E-state index is -0.0582. The fourth-order valence-corrected chi connectivity index (χ4v) is 1.95. The Morgan fingerprint density at radius 1 is 1.53 bits per heavy atom. The molecule has 2 unspecified atom stereocenters. The van der Waals surface area contributed by atoms with Gasteiger partial charge >= 0.3 is 0 Å². The standard InChI is InChI=1S/C11H21N3S/c1-8(9(2)12)7-14-11(3,4)10-13-5-6-15-10/h5-6,8-9,14H,7,12H2,1-4H3. The Balaban J connectivity index is 2.51. The van der Waals surface area contributed by atoms with Crippen LogP contribution in [0.1, 0.15) is 32.7 Å². The van der Waals surface area contributed by atoms with E-state index in [4.69, 9.17) is 5.73 Å². The van der Waals surface area contributed by atoms with Crippen molar-refractivity contribution in [3.63, 3.8) is 0 Å². The van der Waals surface area contributed by atoms with E-state index in [2.05, 4.69) is 31.1 Å². The molecule has 0 spiro atoms. The number of thiazole rings is 1. The van der Waals surface area contributed by atoms with Crippen molar-refractivity contribution in [2.45, 2.75) is 39.3 Å². The maximum Gasteiger partial charge on any atom is 0.112 e. The van der Waals surface area contributed by atoms with Crippen LogP contribution in [0.3, 0.4) is 0 Å². The summed E-state index contributed by atoms with van der Waals surface area (Å²) in [6, 6.07) is 0.226. The Bertz CT molecular complexity index is 280. The summed E-state index contributed by atoms with van der Waals surface area (Å²) < 4.78 is 0. The topological polar surface area (TPSA) is 50.9 Å². The van der Waals surface area contributed by atoms with Crippen LogP contribution in [0.25, 0.3) is 0 Å². The van der Waals surface area contributed by atoms with Gasteiger partial charge in [0.25, 0.3) is 0 Å². The van der Waals surface area contributed by atoms with Crippen LogP contribution in [-0.4, -0.2) is 17.6 Å². The van der Waals surface area contributed by atoms with E-state index in [1.54, 1.807) is 11.3 Å². The smallest absolute Gasteiger partial charge is 0.112 e. The number of hydrogen-bond donors (Lipinski definition) is 2. The molecular formula is C11H21N3S. The van der Waals surface area contributed by atoms with Gasteiger partial charge in [0.05, 0.1) is 5.54 Å². The maximum absolute atomic E-state index is 5.83. The highest BCUT2D eigenvalue weighted by atomic mass is 32.1. The second-order valence-electron chi connectivity index (χ2n) is 4.68. The van der Waals surface area contributed by atoms with Crippen molar-refractivity contribution in [3.05, 3.63) is 16.6 Å². The fraction of sp³-hybridized carbons (Fsp3) is 0.727. The Hall–Kier alpha value is -0.450. The molecular weight excluding hydrogens is 206 g/mol. The third-order valence-electron chi connectivity index (χ3n) is 2.73. The molecule has 1 heterocycles. The summed E-state index contributed by atoms with van der Waals surface area (Å²) in [5.41, 5.74) is 5.77. The van der Waals surface area contributed by atoms with Gasteiger partial charge in [-0.1, -0.05) is 6.92 Å². The minimum absolute atomic E-state index is 0.0582. The lowest BCUT2D eigenvalue weighted by atomic mass is 10.0. The molecule has 86 valence electrons. The maximum atomic E-state index is 5.83. The zero-order chi connectivity index (χ0) is 11.5. The quantitative estimate of drug-likeness (QED) is 0.808. The fourth-order valence-electron chi connectivity index (χ4n) is 1.21. The first kappa shape index (κ1) is 12.6. The van der Waals surface area contributed by atoms with Crippen molar-refractivity contribution in [3.8, 4) is 0 Å². The molecule has 0 saturated carbocycles. The van der Waals surface area contributed by atoms with E-state index >= 15 is 0 Å². The molecule has 0 bridgehead atoms. The molecule has 0 aromatic carbocycles. The van der Waals surface area contributed by atoms with Crippen LogP contribution in [0.2, 0.25) is 0 Å². The number of aromatic nitrogens is 1. The molecule has 0 saturated heterocycles.